The maximum absolute atomic E-state index is 12.6. The van der Waals surface area contributed by atoms with Crippen molar-refractivity contribution in [2.45, 2.75) is 154 Å². The van der Waals surface area contributed by atoms with Gasteiger partial charge in [-0.1, -0.05) is 125 Å². The lowest BCUT2D eigenvalue weighted by molar-refractivity contribution is -0.889. The molecule has 8 heteroatoms. The van der Waals surface area contributed by atoms with Gasteiger partial charge in [0.15, 0.2) is 6.10 Å². The average molecular weight is 742 g/mol. The molecule has 0 saturated heterocycles. The van der Waals surface area contributed by atoms with Crippen LogP contribution < -0.4 is 5.11 Å². The van der Waals surface area contributed by atoms with Crippen molar-refractivity contribution in [1.29, 1.82) is 0 Å². The van der Waals surface area contributed by atoms with E-state index in [1.807, 2.05) is 6.08 Å². The van der Waals surface area contributed by atoms with Crippen molar-refractivity contribution in [3.05, 3.63) is 72.9 Å². The van der Waals surface area contributed by atoms with Gasteiger partial charge in [0.2, 0.25) is 0 Å². The lowest BCUT2D eigenvalue weighted by Crippen LogP contribution is -2.55. The lowest BCUT2D eigenvalue weighted by atomic mass is 10.1. The van der Waals surface area contributed by atoms with Crippen molar-refractivity contribution in [2.75, 3.05) is 41.0 Å². The number of rotatable bonds is 35. The Bertz CT molecular complexity index is 1100. The molecule has 0 N–H and O–H groups in total. The van der Waals surface area contributed by atoms with Crippen LogP contribution >= 0.6 is 0 Å². The van der Waals surface area contributed by atoms with Crippen molar-refractivity contribution < 1.29 is 38.2 Å². The number of likely N-dealkylation sites (N-methyl/N-ethyl adjacent to an activating group) is 1. The molecule has 0 aromatic rings. The highest BCUT2D eigenvalue weighted by molar-refractivity contribution is 5.70. The van der Waals surface area contributed by atoms with Crippen molar-refractivity contribution in [1.82, 2.24) is 0 Å². The molecule has 0 aromatic carbocycles. The van der Waals surface area contributed by atoms with E-state index in [9.17, 15) is 19.5 Å². The molecule has 53 heavy (non-hydrogen) atoms. The molecule has 0 aliphatic rings. The minimum atomic E-state index is -1.14. The Balaban J connectivity index is 4.53. The summed E-state index contributed by atoms with van der Waals surface area (Å²) in [6.07, 6.45) is 43.7. The molecule has 8 nitrogen and oxygen atoms in total. The van der Waals surface area contributed by atoms with Crippen LogP contribution in [0.1, 0.15) is 142 Å². The first-order chi connectivity index (χ1) is 25.6. The number of nitrogens with zero attached hydrogens (tertiary/aromatic N) is 1. The Kier molecular flexibility index (Phi) is 33.6. The number of esters is 2. The second kappa shape index (κ2) is 35.8. The maximum Gasteiger partial charge on any atom is 0.306 e. The Morgan fingerprint density at radius 2 is 1.09 bits per heavy atom. The molecule has 0 radical (unpaired) electrons. The monoisotopic (exact) mass is 742 g/mol. The minimum Gasteiger partial charge on any atom is -0.544 e. The van der Waals surface area contributed by atoms with Gasteiger partial charge in [-0.3, -0.25) is 9.59 Å². The quantitative estimate of drug-likeness (QED) is 0.0276. The molecule has 0 amide bonds. The van der Waals surface area contributed by atoms with Crippen LogP contribution in [0.15, 0.2) is 72.9 Å². The largest absolute Gasteiger partial charge is 0.544 e. The number of carbonyl (C=O) groups is 3. The number of quaternary nitrogens is 1. The van der Waals surface area contributed by atoms with Crippen LogP contribution in [-0.4, -0.2) is 75.5 Å². The molecule has 0 rings (SSSR count). The fraction of sp³-hybridized carbons (Fsp3) is 0.667. The molecule has 0 bridgehead atoms. The molecule has 302 valence electrons. The first kappa shape index (κ1) is 49.8. The fourth-order valence-corrected chi connectivity index (χ4v) is 5.41. The van der Waals surface area contributed by atoms with Gasteiger partial charge in [0.05, 0.1) is 40.3 Å². The molecular weight excluding hydrogens is 666 g/mol. The summed E-state index contributed by atoms with van der Waals surface area (Å²) in [7, 11) is 5.36. The van der Waals surface area contributed by atoms with Crippen molar-refractivity contribution in [3.8, 4) is 0 Å². The number of carboxylic acids is 1. The predicted molar refractivity (Wildman–Crippen MR) is 217 cm³/mol. The highest BCUT2D eigenvalue weighted by Gasteiger charge is 2.25. The van der Waals surface area contributed by atoms with Gasteiger partial charge in [-0.25, -0.2) is 0 Å². The zero-order valence-electron chi connectivity index (χ0n) is 34.2. The van der Waals surface area contributed by atoms with Crippen LogP contribution in [0.3, 0.4) is 0 Å². The topological polar surface area (TPSA) is 102 Å². The summed E-state index contributed by atoms with van der Waals surface area (Å²) in [6, 6.07) is -0.742. The van der Waals surface area contributed by atoms with Gasteiger partial charge in [-0.05, 0) is 70.6 Å². The van der Waals surface area contributed by atoms with Crippen LogP contribution in [-0.2, 0) is 28.6 Å². The van der Waals surface area contributed by atoms with Crippen molar-refractivity contribution in [3.63, 3.8) is 0 Å². The molecule has 0 aliphatic heterocycles. The average Bonchev–Trinajstić information content (AvgIpc) is 3.11. The number of ether oxygens (including phenoxy) is 3. The third-order valence-corrected chi connectivity index (χ3v) is 8.59. The van der Waals surface area contributed by atoms with Gasteiger partial charge in [-0.2, -0.15) is 0 Å². The summed E-state index contributed by atoms with van der Waals surface area (Å²) < 4.78 is 17.0. The first-order valence-electron chi connectivity index (χ1n) is 20.5. The number of hydrogen-bond acceptors (Lipinski definition) is 7. The number of carboxylic acid groups (broad SMARTS) is 1. The molecule has 0 aromatic heterocycles. The van der Waals surface area contributed by atoms with E-state index in [1.165, 1.54) is 38.5 Å². The summed E-state index contributed by atoms with van der Waals surface area (Å²) in [4.78, 5) is 36.7. The Morgan fingerprint density at radius 3 is 1.64 bits per heavy atom. The minimum absolute atomic E-state index is 0.00400. The van der Waals surface area contributed by atoms with E-state index in [2.05, 4.69) is 80.7 Å². The fourth-order valence-electron chi connectivity index (χ4n) is 5.41. The van der Waals surface area contributed by atoms with Gasteiger partial charge in [0.25, 0.3) is 0 Å². The summed E-state index contributed by atoms with van der Waals surface area (Å²) in [6.45, 7) is 4.41. The second-order valence-corrected chi connectivity index (χ2v) is 14.5. The smallest absolute Gasteiger partial charge is 0.306 e. The normalized spacial score (nSPS) is 13.8. The van der Waals surface area contributed by atoms with Gasteiger partial charge in [0, 0.05) is 19.3 Å². The molecule has 0 aliphatic carbocycles. The summed E-state index contributed by atoms with van der Waals surface area (Å²) >= 11 is 0. The van der Waals surface area contributed by atoms with Crippen molar-refractivity contribution >= 4 is 17.9 Å². The van der Waals surface area contributed by atoms with Gasteiger partial charge in [-0.15, -0.1) is 0 Å². The standard InChI is InChI=1S/C45H75NO7/c1-6-8-10-12-14-16-18-20-21-22-24-25-27-29-31-33-35-43(47)52-40-41(39-51-38-37-42(45(49)50)46(3,4)5)53-44(48)36-34-32-30-28-26-23-19-17-15-13-11-9-7-2/h8,10,14,16,20-21,23-26,30,32,41-42H,6-7,9,11-13,15,17-19,22,27-29,31,33-40H2,1-5H3/b10-8+,16-14+,21-20+,25-24+,26-23+,32-30+. The van der Waals surface area contributed by atoms with E-state index in [0.717, 1.165) is 64.2 Å². The number of hydrogen-bond donors (Lipinski definition) is 0. The third kappa shape index (κ3) is 34.3. The van der Waals surface area contributed by atoms with Crippen LogP contribution in [0.2, 0.25) is 0 Å². The highest BCUT2D eigenvalue weighted by Crippen LogP contribution is 2.11. The van der Waals surface area contributed by atoms with Gasteiger partial charge >= 0.3 is 11.9 Å². The van der Waals surface area contributed by atoms with E-state index in [1.54, 1.807) is 21.1 Å². The molecule has 2 atom stereocenters. The number of unbranched alkanes of at least 4 members (excludes halogenated alkanes) is 9. The van der Waals surface area contributed by atoms with Crippen LogP contribution in [0, 0.1) is 0 Å². The maximum atomic E-state index is 12.6. The van der Waals surface area contributed by atoms with E-state index in [-0.39, 0.29) is 43.1 Å². The Hall–Kier alpha value is -3.23. The summed E-state index contributed by atoms with van der Waals surface area (Å²) in [5, 5.41) is 11.6. The molecular formula is C45H75NO7. The SMILES string of the molecule is CC/C=C/C/C=C/C/C=C/C/C=C/CCCCCC(=O)OCC(COCCC(C(=O)[O-])[N+](C)(C)C)OC(=O)CC/C=C/C/C=C/CCCCCCCC. The van der Waals surface area contributed by atoms with Gasteiger partial charge in [0.1, 0.15) is 12.6 Å². The Labute approximate surface area is 323 Å². The second-order valence-electron chi connectivity index (χ2n) is 14.5. The highest BCUT2D eigenvalue weighted by atomic mass is 16.6. The first-order valence-corrected chi connectivity index (χ1v) is 20.5. The van der Waals surface area contributed by atoms with E-state index < -0.39 is 24.1 Å². The lowest BCUT2D eigenvalue weighted by Gasteiger charge is -2.34. The van der Waals surface area contributed by atoms with Gasteiger partial charge < -0.3 is 28.6 Å². The summed E-state index contributed by atoms with van der Waals surface area (Å²) in [5.41, 5.74) is 0. The van der Waals surface area contributed by atoms with Crippen LogP contribution in [0.5, 0.6) is 0 Å². The van der Waals surface area contributed by atoms with Crippen LogP contribution in [0.4, 0.5) is 0 Å². The third-order valence-electron chi connectivity index (χ3n) is 8.59. The van der Waals surface area contributed by atoms with Crippen molar-refractivity contribution in [2.24, 2.45) is 0 Å². The summed E-state index contributed by atoms with van der Waals surface area (Å²) in [5.74, 6) is -1.87. The predicted octanol–water partition coefficient (Wildman–Crippen LogP) is 9.46. The van der Waals surface area contributed by atoms with Crippen LogP contribution in [0.25, 0.3) is 0 Å². The number of allylic oxidation sites excluding steroid dienone is 12. The zero-order chi connectivity index (χ0) is 39.3. The van der Waals surface area contributed by atoms with E-state index in [0.29, 0.717) is 12.8 Å². The molecule has 0 fully saturated rings. The molecule has 0 heterocycles. The molecule has 0 saturated carbocycles. The number of carbonyl (C=O) groups excluding carboxylic acids is 3. The number of aliphatic carboxylic acids is 1. The van der Waals surface area contributed by atoms with E-state index >= 15 is 0 Å². The molecule has 2 unspecified atom stereocenters. The Morgan fingerprint density at radius 1 is 0.585 bits per heavy atom. The zero-order valence-corrected chi connectivity index (χ0v) is 34.2. The molecule has 0 spiro atoms. The van der Waals surface area contributed by atoms with E-state index in [4.69, 9.17) is 14.2 Å².